The summed E-state index contributed by atoms with van der Waals surface area (Å²) in [7, 11) is 0. The Balaban J connectivity index is 2.68. The summed E-state index contributed by atoms with van der Waals surface area (Å²) in [4.78, 5) is 26.5. The largest absolute Gasteiger partial charge is 0.454 e. The van der Waals surface area contributed by atoms with E-state index >= 15 is 0 Å². The third-order valence-electron chi connectivity index (χ3n) is 14.4. The van der Waals surface area contributed by atoms with E-state index in [4.69, 9.17) is 14.2 Å². The summed E-state index contributed by atoms with van der Waals surface area (Å²) in [6.45, 7) is 5.80. The molecule has 0 aliphatic carbocycles. The van der Waals surface area contributed by atoms with Crippen LogP contribution in [0.3, 0.4) is 0 Å². The lowest BCUT2D eigenvalue weighted by molar-refractivity contribution is -0.305. The van der Waals surface area contributed by atoms with Gasteiger partial charge in [-0.15, -0.1) is 0 Å². The molecule has 0 saturated carbocycles. The molecule has 0 bridgehead atoms. The van der Waals surface area contributed by atoms with Crippen molar-refractivity contribution in [1.29, 1.82) is 0 Å². The zero-order valence-electron chi connectivity index (χ0n) is 45.7. The van der Waals surface area contributed by atoms with Crippen LogP contribution in [0.15, 0.2) is 12.2 Å². The highest BCUT2D eigenvalue weighted by Crippen LogP contribution is 2.26. The fraction of sp³-hybridized carbons (Fsp3) is 0.932. The highest BCUT2D eigenvalue weighted by atomic mass is 16.7. The SMILES string of the molecule is CCCCCCCCCCC/C=C/C(O)C(COC1OC(CO)C(O)C(O)C1OC(=O)CCCCCCCCCCCCCCCC)NC(=O)C(O)CCCCCCCCCCCCCCCCCC. The number of unbranched alkanes of at least 4 members (excludes halogenated alkanes) is 37. The number of nitrogens with one attached hydrogen (secondary N) is 1. The number of ether oxygens (including phenoxy) is 3. The lowest BCUT2D eigenvalue weighted by Gasteiger charge is -2.41. The Morgan fingerprint density at radius 2 is 0.929 bits per heavy atom. The molecule has 1 aliphatic rings. The molecule has 1 aliphatic heterocycles. The average molecular weight is 997 g/mol. The fourth-order valence-electron chi connectivity index (χ4n) is 9.65. The number of hydrogen-bond donors (Lipinski definition) is 6. The number of rotatable bonds is 51. The van der Waals surface area contributed by atoms with Crippen molar-refractivity contribution in [2.24, 2.45) is 0 Å². The van der Waals surface area contributed by atoms with Crippen LogP contribution in [0.5, 0.6) is 0 Å². The van der Waals surface area contributed by atoms with E-state index in [1.54, 1.807) is 6.08 Å². The lowest BCUT2D eigenvalue weighted by Crippen LogP contribution is -2.61. The fourth-order valence-corrected chi connectivity index (χ4v) is 9.65. The highest BCUT2D eigenvalue weighted by Gasteiger charge is 2.47. The number of hydrogen-bond acceptors (Lipinski definition) is 10. The summed E-state index contributed by atoms with van der Waals surface area (Å²) in [5.74, 6) is -1.18. The predicted molar refractivity (Wildman–Crippen MR) is 288 cm³/mol. The molecule has 1 fully saturated rings. The van der Waals surface area contributed by atoms with Crippen molar-refractivity contribution in [2.75, 3.05) is 13.2 Å². The highest BCUT2D eigenvalue weighted by molar-refractivity contribution is 5.80. The first-order valence-electron chi connectivity index (χ1n) is 30.0. The number of carbonyl (C=O) groups is 2. The summed E-state index contributed by atoms with van der Waals surface area (Å²) in [6, 6.07) is -1.01. The first kappa shape index (κ1) is 66.4. The van der Waals surface area contributed by atoms with E-state index in [0.29, 0.717) is 19.3 Å². The van der Waals surface area contributed by atoms with E-state index in [-0.39, 0.29) is 13.0 Å². The van der Waals surface area contributed by atoms with Gasteiger partial charge in [0.2, 0.25) is 5.91 Å². The van der Waals surface area contributed by atoms with Crippen molar-refractivity contribution in [3.8, 4) is 0 Å². The van der Waals surface area contributed by atoms with Gasteiger partial charge in [0.15, 0.2) is 12.4 Å². The van der Waals surface area contributed by atoms with E-state index in [1.165, 1.54) is 186 Å². The van der Waals surface area contributed by atoms with E-state index in [0.717, 1.165) is 57.8 Å². The molecule has 6 N–H and O–H groups in total. The van der Waals surface area contributed by atoms with Crippen LogP contribution in [0.2, 0.25) is 0 Å². The zero-order chi connectivity index (χ0) is 51.1. The topological polar surface area (TPSA) is 175 Å². The van der Waals surface area contributed by atoms with Crippen LogP contribution in [0.4, 0.5) is 0 Å². The standard InChI is InChI=1S/C59H113NO10/c1-4-7-10-13-16-19-22-24-26-27-28-31-34-37-40-43-46-52(63)58(67)60-50(51(62)45-42-39-36-33-30-21-18-15-12-9-6-3)49-68-59-57(56(66)55(65)53(48-61)69-59)70-54(64)47-44-41-38-35-32-29-25-23-20-17-14-11-8-5-2/h42,45,50-53,55-57,59,61-63,65-66H,4-41,43-44,46-49H2,1-3H3,(H,60,67)/b45-42+. The Labute approximate surface area is 429 Å². The predicted octanol–water partition coefficient (Wildman–Crippen LogP) is 13.6. The van der Waals surface area contributed by atoms with Gasteiger partial charge < -0.3 is 45.1 Å². The smallest absolute Gasteiger partial charge is 0.306 e. The van der Waals surface area contributed by atoms with Gasteiger partial charge in [0, 0.05) is 6.42 Å². The Morgan fingerprint density at radius 3 is 1.34 bits per heavy atom. The number of aliphatic hydroxyl groups is 5. The van der Waals surface area contributed by atoms with Crippen LogP contribution in [-0.4, -0.2) is 99.6 Å². The Hall–Kier alpha value is -1.60. The quantitative estimate of drug-likeness (QED) is 0.0195. The van der Waals surface area contributed by atoms with Crippen molar-refractivity contribution in [2.45, 2.75) is 339 Å². The number of amides is 1. The van der Waals surface area contributed by atoms with Crippen molar-refractivity contribution in [1.82, 2.24) is 5.32 Å². The third kappa shape index (κ3) is 36.3. The molecule has 8 atom stereocenters. The molecule has 1 heterocycles. The second-order valence-electron chi connectivity index (χ2n) is 21.1. The van der Waals surface area contributed by atoms with Crippen LogP contribution in [0.1, 0.15) is 290 Å². The first-order chi connectivity index (χ1) is 34.2. The number of carbonyl (C=O) groups excluding carboxylic acids is 2. The van der Waals surface area contributed by atoms with E-state index in [1.807, 2.05) is 6.08 Å². The van der Waals surface area contributed by atoms with Gasteiger partial charge in [-0.05, 0) is 25.7 Å². The van der Waals surface area contributed by atoms with Crippen LogP contribution < -0.4 is 5.32 Å². The van der Waals surface area contributed by atoms with E-state index in [2.05, 4.69) is 26.1 Å². The van der Waals surface area contributed by atoms with Crippen LogP contribution in [-0.2, 0) is 23.8 Å². The van der Waals surface area contributed by atoms with Crippen LogP contribution >= 0.6 is 0 Å². The van der Waals surface area contributed by atoms with Crippen molar-refractivity contribution >= 4 is 11.9 Å². The molecule has 8 unspecified atom stereocenters. The van der Waals surface area contributed by atoms with Crippen LogP contribution in [0.25, 0.3) is 0 Å². The molecule has 0 aromatic carbocycles. The minimum atomic E-state index is -1.60. The molecular weight excluding hydrogens is 883 g/mol. The van der Waals surface area contributed by atoms with Gasteiger partial charge >= 0.3 is 5.97 Å². The van der Waals surface area contributed by atoms with Gasteiger partial charge in [-0.1, -0.05) is 270 Å². The van der Waals surface area contributed by atoms with E-state index < -0.39 is 67.4 Å². The minimum Gasteiger partial charge on any atom is -0.454 e. The molecule has 0 aromatic rings. The molecule has 1 saturated heterocycles. The monoisotopic (exact) mass is 996 g/mol. The molecular formula is C59H113NO10. The Kier molecular flexibility index (Phi) is 45.9. The molecule has 11 nitrogen and oxygen atoms in total. The van der Waals surface area contributed by atoms with E-state index in [9.17, 15) is 35.1 Å². The summed E-state index contributed by atoms with van der Waals surface area (Å²) < 4.78 is 17.6. The summed E-state index contributed by atoms with van der Waals surface area (Å²) in [5.41, 5.74) is 0. The zero-order valence-corrected chi connectivity index (χ0v) is 45.7. The Bertz CT molecular complexity index is 1190. The first-order valence-corrected chi connectivity index (χ1v) is 30.0. The van der Waals surface area contributed by atoms with Crippen LogP contribution in [0, 0.1) is 0 Å². The molecule has 0 radical (unpaired) electrons. The summed E-state index contributed by atoms with van der Waals surface area (Å²) >= 11 is 0. The molecule has 11 heteroatoms. The van der Waals surface area contributed by atoms with Gasteiger partial charge in [0.05, 0.1) is 25.4 Å². The van der Waals surface area contributed by atoms with Crippen molar-refractivity contribution < 1.29 is 49.3 Å². The molecule has 0 aromatic heterocycles. The molecule has 1 amide bonds. The van der Waals surface area contributed by atoms with Gasteiger partial charge in [0.1, 0.15) is 24.4 Å². The second-order valence-corrected chi connectivity index (χ2v) is 21.1. The van der Waals surface area contributed by atoms with Gasteiger partial charge in [0.25, 0.3) is 0 Å². The minimum absolute atomic E-state index is 0.131. The lowest BCUT2D eigenvalue weighted by atomic mass is 9.99. The molecule has 0 spiro atoms. The number of esters is 1. The maximum Gasteiger partial charge on any atom is 0.306 e. The summed E-state index contributed by atoms with van der Waals surface area (Å²) in [6.07, 6.45) is 42.5. The van der Waals surface area contributed by atoms with Gasteiger partial charge in [-0.2, -0.15) is 0 Å². The maximum absolute atomic E-state index is 13.4. The van der Waals surface area contributed by atoms with Crippen molar-refractivity contribution in [3.05, 3.63) is 12.2 Å². The third-order valence-corrected chi connectivity index (χ3v) is 14.4. The maximum atomic E-state index is 13.4. The summed E-state index contributed by atoms with van der Waals surface area (Å²) in [5, 5.41) is 56.8. The van der Waals surface area contributed by atoms with Gasteiger partial charge in [-0.3, -0.25) is 9.59 Å². The second kappa shape index (κ2) is 48.3. The molecule has 70 heavy (non-hydrogen) atoms. The number of allylic oxidation sites excluding steroid dienone is 1. The average Bonchev–Trinajstić information content (AvgIpc) is 3.36. The normalized spacial score (nSPS) is 19.7. The van der Waals surface area contributed by atoms with Gasteiger partial charge in [-0.25, -0.2) is 0 Å². The molecule has 414 valence electrons. The Morgan fingerprint density at radius 1 is 0.543 bits per heavy atom. The van der Waals surface area contributed by atoms with Crippen molar-refractivity contribution in [3.63, 3.8) is 0 Å². The number of aliphatic hydroxyl groups excluding tert-OH is 5. The molecule has 1 rings (SSSR count).